The predicted octanol–water partition coefficient (Wildman–Crippen LogP) is 0.309. The zero-order valence-corrected chi connectivity index (χ0v) is 7.47. The first kappa shape index (κ1) is 8.64. The van der Waals surface area contributed by atoms with Crippen LogP contribution in [0, 0.1) is 6.92 Å². The Balaban J connectivity index is 2.50. The van der Waals surface area contributed by atoms with E-state index in [1.165, 1.54) is 12.0 Å². The van der Waals surface area contributed by atoms with Crippen LogP contribution in [0.1, 0.15) is 4.88 Å². The lowest BCUT2D eigenvalue weighted by atomic mass is 10.5. The number of methoxy groups -OCH3 is 1. The van der Waals surface area contributed by atoms with Crippen molar-refractivity contribution >= 4 is 11.3 Å². The Morgan fingerprint density at radius 1 is 1.82 bits per heavy atom. The van der Waals surface area contributed by atoms with Crippen molar-refractivity contribution in [2.24, 2.45) is 0 Å². The second-order valence-corrected chi connectivity index (χ2v) is 3.44. The van der Waals surface area contributed by atoms with Gasteiger partial charge in [0.25, 0.3) is 0 Å². The van der Waals surface area contributed by atoms with Gasteiger partial charge in [-0.25, -0.2) is 0 Å². The molecule has 0 amide bonds. The molecule has 0 aliphatic heterocycles. The van der Waals surface area contributed by atoms with Crippen LogP contribution >= 0.6 is 11.3 Å². The van der Waals surface area contributed by atoms with E-state index in [2.05, 4.69) is 0 Å². The quantitative estimate of drug-likeness (QED) is 0.528. The molecule has 1 aromatic heterocycles. The normalized spacial score (nSPS) is 13.4. The Labute approximate surface area is 69.9 Å². The summed E-state index contributed by atoms with van der Waals surface area (Å²) in [4.78, 5) is 1.23. The number of aliphatic hydroxyl groups is 1. The maximum Gasteiger partial charge on any atom is 0.225 e. The van der Waals surface area contributed by atoms with Gasteiger partial charge in [-0.2, -0.15) is 4.57 Å². The molecule has 0 bridgehead atoms. The summed E-state index contributed by atoms with van der Waals surface area (Å²) in [6, 6.07) is 0. The Hall–Kier alpha value is -0.450. The van der Waals surface area contributed by atoms with E-state index < -0.39 is 6.29 Å². The molecule has 62 valence electrons. The molecule has 0 aromatic carbocycles. The van der Waals surface area contributed by atoms with E-state index in [0.29, 0.717) is 6.54 Å². The van der Waals surface area contributed by atoms with Gasteiger partial charge < -0.3 is 9.84 Å². The molecule has 1 N–H and O–H groups in total. The lowest BCUT2D eigenvalue weighted by molar-refractivity contribution is -0.705. The van der Waals surface area contributed by atoms with E-state index in [1.54, 1.807) is 11.3 Å². The second-order valence-electron chi connectivity index (χ2n) is 2.35. The number of ether oxygens (including phenoxy) is 1. The number of hydrogen-bond donors (Lipinski definition) is 1. The summed E-state index contributed by atoms with van der Waals surface area (Å²) in [6.45, 7) is 2.53. The van der Waals surface area contributed by atoms with Crippen molar-refractivity contribution in [2.75, 3.05) is 7.11 Å². The van der Waals surface area contributed by atoms with Crippen LogP contribution in [0.15, 0.2) is 11.7 Å². The summed E-state index contributed by atoms with van der Waals surface area (Å²) in [5, 5.41) is 9.08. The molecule has 4 heteroatoms. The monoisotopic (exact) mass is 174 g/mol. The van der Waals surface area contributed by atoms with Crippen molar-refractivity contribution in [1.82, 2.24) is 0 Å². The van der Waals surface area contributed by atoms with E-state index in [1.807, 2.05) is 23.2 Å². The summed E-state index contributed by atoms with van der Waals surface area (Å²) in [7, 11) is 1.49. The highest BCUT2D eigenvalue weighted by atomic mass is 32.1. The first-order chi connectivity index (χ1) is 5.22. The van der Waals surface area contributed by atoms with E-state index in [9.17, 15) is 0 Å². The molecule has 0 fully saturated rings. The number of nitrogens with zero attached hydrogens (tertiary/aromatic N) is 1. The third-order valence-electron chi connectivity index (χ3n) is 1.36. The van der Waals surface area contributed by atoms with Crippen molar-refractivity contribution in [3.05, 3.63) is 16.6 Å². The highest BCUT2D eigenvalue weighted by Gasteiger charge is 2.10. The zero-order chi connectivity index (χ0) is 8.27. The summed E-state index contributed by atoms with van der Waals surface area (Å²) < 4.78 is 6.61. The standard InChI is InChI=1S/C7H12NO2S/c1-6-3-8(5-11-6)4-7(9)10-2/h3,5,7,9H,4H2,1-2H3/q+1. The van der Waals surface area contributed by atoms with Gasteiger partial charge in [-0.1, -0.05) is 11.3 Å². The van der Waals surface area contributed by atoms with E-state index in [-0.39, 0.29) is 0 Å². The molecule has 0 radical (unpaired) electrons. The van der Waals surface area contributed by atoms with Gasteiger partial charge in [0.15, 0.2) is 12.7 Å². The lowest BCUT2D eigenvalue weighted by Crippen LogP contribution is -2.38. The lowest BCUT2D eigenvalue weighted by Gasteiger charge is -2.01. The first-order valence-corrected chi connectivity index (χ1v) is 4.25. The highest BCUT2D eigenvalue weighted by Crippen LogP contribution is 2.00. The number of thiazole rings is 1. The summed E-state index contributed by atoms with van der Waals surface area (Å²) in [6.07, 6.45) is 1.28. The van der Waals surface area contributed by atoms with Crippen LogP contribution in [0.3, 0.4) is 0 Å². The molecule has 0 saturated heterocycles. The summed E-state index contributed by atoms with van der Waals surface area (Å²) in [5.41, 5.74) is 1.96. The van der Waals surface area contributed by atoms with E-state index in [0.717, 1.165) is 0 Å². The van der Waals surface area contributed by atoms with Crippen LogP contribution in [-0.4, -0.2) is 18.5 Å². The van der Waals surface area contributed by atoms with Crippen LogP contribution in [0.25, 0.3) is 0 Å². The molecule has 0 aliphatic carbocycles. The number of aliphatic hydroxyl groups excluding tert-OH is 1. The molecule has 1 atom stereocenters. The molecule has 0 aliphatic rings. The molecular weight excluding hydrogens is 162 g/mol. The number of aromatic nitrogens is 1. The molecular formula is C7H12NO2S+. The molecule has 3 nitrogen and oxygen atoms in total. The van der Waals surface area contributed by atoms with E-state index >= 15 is 0 Å². The first-order valence-electron chi connectivity index (χ1n) is 3.37. The van der Waals surface area contributed by atoms with Crippen molar-refractivity contribution < 1.29 is 14.4 Å². The Morgan fingerprint density at radius 3 is 3.00 bits per heavy atom. The van der Waals surface area contributed by atoms with Crippen LogP contribution in [-0.2, 0) is 11.3 Å². The third-order valence-corrected chi connectivity index (χ3v) is 2.21. The summed E-state index contributed by atoms with van der Waals surface area (Å²) >= 11 is 1.65. The second kappa shape index (κ2) is 3.80. The van der Waals surface area contributed by atoms with E-state index in [4.69, 9.17) is 9.84 Å². The Bertz CT molecular complexity index is 224. The molecule has 1 heterocycles. The summed E-state index contributed by atoms with van der Waals surface area (Å²) in [5.74, 6) is 0. The smallest absolute Gasteiger partial charge is 0.225 e. The molecule has 1 rings (SSSR count). The predicted molar refractivity (Wildman–Crippen MR) is 42.3 cm³/mol. The van der Waals surface area contributed by atoms with Crippen molar-refractivity contribution in [3.63, 3.8) is 0 Å². The number of rotatable bonds is 3. The Kier molecular flexibility index (Phi) is 2.99. The van der Waals surface area contributed by atoms with Gasteiger partial charge in [-0.05, 0) is 6.92 Å². The van der Waals surface area contributed by atoms with Crippen molar-refractivity contribution in [1.29, 1.82) is 0 Å². The van der Waals surface area contributed by atoms with Crippen molar-refractivity contribution in [2.45, 2.75) is 19.8 Å². The average Bonchev–Trinajstić information content (AvgIpc) is 2.35. The van der Waals surface area contributed by atoms with Crippen molar-refractivity contribution in [3.8, 4) is 0 Å². The molecule has 11 heavy (non-hydrogen) atoms. The SMILES string of the molecule is COC(O)C[n+]1csc(C)c1. The number of hydrogen-bond acceptors (Lipinski definition) is 3. The van der Waals surface area contributed by atoms with Crippen LogP contribution in [0.2, 0.25) is 0 Å². The molecule has 0 spiro atoms. The van der Waals surface area contributed by atoms with Gasteiger partial charge in [0.05, 0.1) is 4.88 Å². The minimum absolute atomic E-state index is 0.501. The maximum absolute atomic E-state index is 9.08. The van der Waals surface area contributed by atoms with Crippen LogP contribution < -0.4 is 4.57 Å². The van der Waals surface area contributed by atoms with Gasteiger partial charge in [-0.3, -0.25) is 0 Å². The van der Waals surface area contributed by atoms with Gasteiger partial charge in [0.1, 0.15) is 0 Å². The highest BCUT2D eigenvalue weighted by molar-refractivity contribution is 7.09. The largest absolute Gasteiger partial charge is 0.363 e. The number of aryl methyl sites for hydroxylation is 1. The minimum Gasteiger partial charge on any atom is -0.363 e. The van der Waals surface area contributed by atoms with Crippen LogP contribution in [0.5, 0.6) is 0 Å². The topological polar surface area (TPSA) is 33.3 Å². The van der Waals surface area contributed by atoms with Gasteiger partial charge in [-0.15, -0.1) is 0 Å². The third kappa shape index (κ3) is 2.57. The Morgan fingerprint density at radius 2 is 2.55 bits per heavy atom. The molecule has 1 unspecified atom stereocenters. The van der Waals surface area contributed by atoms with Gasteiger partial charge in [0, 0.05) is 7.11 Å². The van der Waals surface area contributed by atoms with Gasteiger partial charge in [0.2, 0.25) is 11.8 Å². The van der Waals surface area contributed by atoms with Crippen LogP contribution in [0.4, 0.5) is 0 Å². The maximum atomic E-state index is 9.08. The average molecular weight is 174 g/mol. The van der Waals surface area contributed by atoms with Gasteiger partial charge >= 0.3 is 0 Å². The molecule has 0 saturated carbocycles. The fourth-order valence-electron chi connectivity index (χ4n) is 0.796. The molecule has 1 aromatic rings. The zero-order valence-electron chi connectivity index (χ0n) is 6.65. The minimum atomic E-state index is -0.700. The fraction of sp³-hybridized carbons (Fsp3) is 0.571. The fourth-order valence-corrected chi connectivity index (χ4v) is 1.44.